The lowest BCUT2D eigenvalue weighted by Gasteiger charge is -2.40. The number of hydrogen-bond donors (Lipinski definition) is 0. The lowest BCUT2D eigenvalue weighted by atomic mass is 9.77. The summed E-state index contributed by atoms with van der Waals surface area (Å²) in [6.45, 7) is 18.2. The Morgan fingerprint density at radius 1 is 0.353 bits per heavy atom. The molecule has 340 valence electrons. The maximum absolute atomic E-state index is 2.47. The molecule has 0 aliphatic rings. The second-order valence-electron chi connectivity index (χ2n) is 19.2. The fraction of sp³-hybridized carbons (Fsp3) is 0.200. The first-order valence-electron chi connectivity index (χ1n) is 24.4. The van der Waals surface area contributed by atoms with Gasteiger partial charge in [-0.25, -0.2) is 0 Å². The molecule has 9 aromatic rings. The van der Waals surface area contributed by atoms with Crippen molar-refractivity contribution in [2.75, 3.05) is 9.80 Å². The minimum absolute atomic E-state index is 0.0453. The highest BCUT2D eigenvalue weighted by atomic mass is 32.1. The normalized spacial score (nSPS) is 11.7. The Morgan fingerprint density at radius 3 is 1.07 bits per heavy atom. The van der Waals surface area contributed by atoms with Gasteiger partial charge in [-0.3, -0.25) is 0 Å². The van der Waals surface area contributed by atoms with Gasteiger partial charge >= 0.3 is 0 Å². The van der Waals surface area contributed by atoms with Gasteiger partial charge in [0.15, 0.2) is 0 Å². The van der Waals surface area contributed by atoms with Crippen LogP contribution in [0.5, 0.6) is 0 Å². The van der Waals surface area contributed by atoms with Crippen molar-refractivity contribution in [1.82, 2.24) is 0 Å². The van der Waals surface area contributed by atoms with E-state index in [0.29, 0.717) is 0 Å². The van der Waals surface area contributed by atoms with Crippen molar-refractivity contribution in [3.05, 3.63) is 223 Å². The third-order valence-electron chi connectivity index (χ3n) is 14.5. The highest BCUT2D eigenvalue weighted by molar-refractivity contribution is 7.20. The van der Waals surface area contributed by atoms with Crippen LogP contribution in [0.3, 0.4) is 0 Å². The molecule has 0 saturated carbocycles. The summed E-state index contributed by atoms with van der Waals surface area (Å²) in [5, 5.41) is 0. The zero-order valence-electron chi connectivity index (χ0n) is 41.1. The van der Waals surface area contributed by atoms with E-state index >= 15 is 0 Å². The molecule has 0 atom stereocenters. The molecule has 0 fully saturated rings. The molecule has 0 aliphatic heterocycles. The first-order chi connectivity index (χ1) is 33.0. The smallest absolute Gasteiger partial charge is 0.0462 e. The van der Waals surface area contributed by atoms with E-state index in [1.54, 1.807) is 0 Å². The number of benzene rings is 8. The van der Waals surface area contributed by atoms with Crippen molar-refractivity contribution in [3.63, 3.8) is 0 Å². The summed E-state index contributed by atoms with van der Waals surface area (Å²) in [5.74, 6) is 0. The zero-order valence-corrected chi connectivity index (χ0v) is 41.9. The Hall–Kier alpha value is -6.94. The highest BCUT2D eigenvalue weighted by Gasteiger charge is 2.28. The Bertz CT molecular complexity index is 3050. The van der Waals surface area contributed by atoms with Crippen LogP contribution in [0.4, 0.5) is 28.4 Å². The topological polar surface area (TPSA) is 6.48 Å². The average Bonchev–Trinajstić information content (AvgIpc) is 3.79. The largest absolute Gasteiger partial charge is 0.336 e. The van der Waals surface area contributed by atoms with Crippen LogP contribution in [-0.4, -0.2) is 5.54 Å². The molecule has 0 bridgehead atoms. The van der Waals surface area contributed by atoms with Gasteiger partial charge in [-0.15, -0.1) is 11.3 Å². The van der Waals surface area contributed by atoms with Crippen LogP contribution in [0.25, 0.3) is 54.3 Å². The Labute approximate surface area is 410 Å². The van der Waals surface area contributed by atoms with Crippen LogP contribution in [0.1, 0.15) is 77.5 Å². The third-order valence-corrected chi connectivity index (χ3v) is 15.8. The Balaban J connectivity index is 1.09. The van der Waals surface area contributed by atoms with E-state index in [4.69, 9.17) is 0 Å². The number of thiophene rings is 1. The van der Waals surface area contributed by atoms with Gasteiger partial charge < -0.3 is 9.80 Å². The van der Waals surface area contributed by atoms with Gasteiger partial charge in [-0.2, -0.15) is 0 Å². The zero-order chi connectivity index (χ0) is 47.4. The first-order valence-corrected chi connectivity index (χ1v) is 25.2. The highest BCUT2D eigenvalue weighted by Crippen LogP contribution is 2.53. The molecule has 0 spiro atoms. The fourth-order valence-electron chi connectivity index (χ4n) is 9.49. The monoisotopic (exact) mass is 904 g/mol. The van der Waals surface area contributed by atoms with E-state index in [2.05, 4.69) is 271 Å². The summed E-state index contributed by atoms with van der Waals surface area (Å²) in [6.07, 6.45) is 3.25. The first kappa shape index (κ1) is 46.2. The quantitative estimate of drug-likeness (QED) is 0.101. The van der Waals surface area contributed by atoms with E-state index < -0.39 is 0 Å². The summed E-state index contributed by atoms with van der Waals surface area (Å²) in [7, 11) is 0. The molecule has 68 heavy (non-hydrogen) atoms. The number of hydrogen-bond acceptors (Lipinski definition) is 3. The molecule has 3 heteroatoms. The summed E-state index contributed by atoms with van der Waals surface area (Å²) in [6, 6.07) is 76.4. The van der Waals surface area contributed by atoms with Gasteiger partial charge in [0, 0.05) is 54.9 Å². The van der Waals surface area contributed by atoms with Crippen LogP contribution in [0, 0.1) is 13.8 Å². The Morgan fingerprint density at radius 2 is 0.691 bits per heavy atom. The standard InChI is InChI=1S/C65H64N2S/c1-9-64(6,7)67(58-38-24-47(5)25-39-58)59-44-30-49(31-45-59)48-28-40-56(41-29-48)66(55-36-22-46(4)23-37-55)57-42-32-53(33-43-57)63-61(51-20-16-13-17-21-51)60(50-18-14-12-15-19-50)62(68-63)52-26-34-54(35-27-52)65(8,10-2)11-3/h12-45H,9-11H2,1-8H3. The van der Waals surface area contributed by atoms with E-state index in [9.17, 15) is 0 Å². The van der Waals surface area contributed by atoms with Crippen LogP contribution in [-0.2, 0) is 5.41 Å². The van der Waals surface area contributed by atoms with Crippen molar-refractivity contribution in [3.8, 4) is 54.3 Å². The van der Waals surface area contributed by atoms with Gasteiger partial charge in [-0.1, -0.05) is 184 Å². The van der Waals surface area contributed by atoms with Gasteiger partial charge in [0.25, 0.3) is 0 Å². The molecule has 0 saturated heterocycles. The van der Waals surface area contributed by atoms with Crippen molar-refractivity contribution in [2.24, 2.45) is 0 Å². The van der Waals surface area contributed by atoms with Crippen LogP contribution in [0.15, 0.2) is 206 Å². The predicted octanol–water partition coefficient (Wildman–Crippen LogP) is 19.6. The lowest BCUT2D eigenvalue weighted by Crippen LogP contribution is -2.40. The van der Waals surface area contributed by atoms with E-state index in [1.807, 2.05) is 11.3 Å². The molecule has 1 heterocycles. The molecule has 8 aromatic carbocycles. The third kappa shape index (κ3) is 9.33. The molecule has 0 aliphatic carbocycles. The van der Waals surface area contributed by atoms with Gasteiger partial charge in [0.05, 0.1) is 0 Å². The predicted molar refractivity (Wildman–Crippen MR) is 297 cm³/mol. The summed E-state index contributed by atoms with van der Waals surface area (Å²) in [4.78, 5) is 7.40. The second-order valence-corrected chi connectivity index (χ2v) is 20.3. The van der Waals surface area contributed by atoms with E-state index in [0.717, 1.165) is 36.3 Å². The van der Waals surface area contributed by atoms with Crippen LogP contribution >= 0.6 is 11.3 Å². The summed E-state index contributed by atoms with van der Waals surface area (Å²) < 4.78 is 0. The molecular formula is C65H64N2S. The molecular weight excluding hydrogens is 841 g/mol. The fourth-order valence-corrected chi connectivity index (χ4v) is 10.8. The van der Waals surface area contributed by atoms with Crippen molar-refractivity contribution < 1.29 is 0 Å². The minimum Gasteiger partial charge on any atom is -0.336 e. The van der Waals surface area contributed by atoms with E-state index in [-0.39, 0.29) is 11.0 Å². The number of aryl methyl sites for hydroxylation is 2. The maximum atomic E-state index is 2.47. The van der Waals surface area contributed by atoms with Gasteiger partial charge in [0.1, 0.15) is 0 Å². The molecule has 9 rings (SSSR count). The number of anilines is 5. The van der Waals surface area contributed by atoms with Gasteiger partial charge in [-0.05, 0) is 152 Å². The van der Waals surface area contributed by atoms with Crippen LogP contribution in [0.2, 0.25) is 0 Å². The maximum Gasteiger partial charge on any atom is 0.0462 e. The molecule has 0 N–H and O–H groups in total. The Kier molecular flexibility index (Phi) is 13.4. The molecule has 0 radical (unpaired) electrons. The molecule has 0 amide bonds. The lowest BCUT2D eigenvalue weighted by molar-refractivity contribution is 0.439. The molecule has 2 nitrogen and oxygen atoms in total. The number of rotatable bonds is 15. The summed E-state index contributed by atoms with van der Waals surface area (Å²) in [5.41, 5.74) is 19.6. The van der Waals surface area contributed by atoms with Crippen molar-refractivity contribution in [2.45, 2.75) is 85.6 Å². The second kappa shape index (κ2) is 19.7. The average molecular weight is 905 g/mol. The minimum atomic E-state index is -0.0453. The SMILES string of the molecule is CCC(C)(CC)c1ccc(-c2sc(-c3ccc(N(c4ccc(C)cc4)c4ccc(-c5ccc(N(c6ccc(C)cc6)C(C)(C)CC)cc5)cc4)cc3)c(-c3ccccc3)c2-c2ccccc2)cc1. The van der Waals surface area contributed by atoms with Crippen molar-refractivity contribution >= 4 is 39.8 Å². The van der Waals surface area contributed by atoms with Crippen LogP contribution < -0.4 is 9.80 Å². The molecule has 1 aromatic heterocycles. The molecule has 0 unspecified atom stereocenters. The van der Waals surface area contributed by atoms with E-state index in [1.165, 1.54) is 82.3 Å². The number of nitrogens with zero attached hydrogens (tertiary/aromatic N) is 2. The van der Waals surface area contributed by atoms with Gasteiger partial charge in [0.2, 0.25) is 0 Å². The van der Waals surface area contributed by atoms with Crippen molar-refractivity contribution in [1.29, 1.82) is 0 Å². The summed E-state index contributed by atoms with van der Waals surface area (Å²) >= 11 is 1.90.